The van der Waals surface area contributed by atoms with E-state index in [9.17, 15) is 12.8 Å². The van der Waals surface area contributed by atoms with Gasteiger partial charge in [-0.25, -0.2) is 14.4 Å². The number of fused-ring (bicyclic) bond motifs is 1. The van der Waals surface area contributed by atoms with E-state index in [1.165, 1.54) is 24.3 Å². The standard InChI is InChI=1S/C25H22FN5O3S/c1-18-2-5-22(6-3-18)35(32,33)34-11-10-31-24-13-21(26)4-7-23(24)29-25(31)20-12-19(14-28-15-20)16-30-9-8-27-17-30/h2-9,12-15,17H,10-11,16H2,1H3. The molecule has 0 unspecified atom stereocenters. The molecule has 5 rings (SSSR count). The van der Waals surface area contributed by atoms with E-state index in [1.54, 1.807) is 47.7 Å². The molecule has 3 heterocycles. The number of pyridine rings is 1. The topological polar surface area (TPSA) is 91.9 Å². The number of hydrogen-bond acceptors (Lipinski definition) is 6. The van der Waals surface area contributed by atoms with Gasteiger partial charge in [0.25, 0.3) is 10.1 Å². The fraction of sp³-hybridized carbons (Fsp3) is 0.160. The Balaban J connectivity index is 1.45. The molecule has 0 aliphatic rings. The Kier molecular flexibility index (Phi) is 6.14. The van der Waals surface area contributed by atoms with E-state index in [0.29, 0.717) is 23.4 Å². The molecule has 0 N–H and O–H groups in total. The number of aryl methyl sites for hydroxylation is 1. The molecule has 0 fully saturated rings. The Morgan fingerprint density at radius 1 is 1.03 bits per heavy atom. The first-order valence-electron chi connectivity index (χ1n) is 10.9. The normalized spacial score (nSPS) is 11.8. The molecule has 0 atom stereocenters. The van der Waals surface area contributed by atoms with Gasteiger partial charge in [0.2, 0.25) is 0 Å². The lowest BCUT2D eigenvalue weighted by Gasteiger charge is -2.11. The molecule has 0 radical (unpaired) electrons. The van der Waals surface area contributed by atoms with Crippen molar-refractivity contribution in [1.82, 2.24) is 24.1 Å². The third-order valence-electron chi connectivity index (χ3n) is 5.55. The van der Waals surface area contributed by atoms with Crippen LogP contribution in [0.3, 0.4) is 0 Å². The van der Waals surface area contributed by atoms with Crippen LogP contribution in [0.25, 0.3) is 22.4 Å². The highest BCUT2D eigenvalue weighted by molar-refractivity contribution is 7.86. The molecular weight excluding hydrogens is 469 g/mol. The van der Waals surface area contributed by atoms with E-state index in [2.05, 4.69) is 15.0 Å². The average Bonchev–Trinajstić information content (AvgIpc) is 3.47. The molecule has 35 heavy (non-hydrogen) atoms. The van der Waals surface area contributed by atoms with Gasteiger partial charge in [0.05, 0.1) is 35.4 Å². The monoisotopic (exact) mass is 491 g/mol. The van der Waals surface area contributed by atoms with Crippen LogP contribution >= 0.6 is 0 Å². The predicted molar refractivity (Wildman–Crippen MR) is 129 cm³/mol. The molecule has 0 saturated heterocycles. The van der Waals surface area contributed by atoms with E-state index in [-0.39, 0.29) is 18.0 Å². The summed E-state index contributed by atoms with van der Waals surface area (Å²) in [5, 5.41) is 0. The summed E-state index contributed by atoms with van der Waals surface area (Å²) in [5.41, 5.74) is 3.73. The minimum absolute atomic E-state index is 0.0845. The fourth-order valence-corrected chi connectivity index (χ4v) is 4.74. The van der Waals surface area contributed by atoms with Crippen LogP contribution in [0.15, 0.2) is 84.5 Å². The highest BCUT2D eigenvalue weighted by Gasteiger charge is 2.18. The first-order chi connectivity index (χ1) is 16.9. The maximum atomic E-state index is 14.1. The Morgan fingerprint density at radius 3 is 2.63 bits per heavy atom. The van der Waals surface area contributed by atoms with Gasteiger partial charge in [0.1, 0.15) is 11.6 Å². The molecule has 2 aromatic carbocycles. The van der Waals surface area contributed by atoms with E-state index >= 15 is 0 Å². The highest BCUT2D eigenvalue weighted by Crippen LogP contribution is 2.26. The molecule has 8 nitrogen and oxygen atoms in total. The van der Waals surface area contributed by atoms with Crippen molar-refractivity contribution in [2.75, 3.05) is 6.61 Å². The Hall–Kier alpha value is -3.89. The van der Waals surface area contributed by atoms with Gasteiger partial charge in [-0.3, -0.25) is 9.17 Å². The van der Waals surface area contributed by atoms with E-state index in [4.69, 9.17) is 4.18 Å². The molecule has 0 aliphatic heterocycles. The molecule has 10 heteroatoms. The summed E-state index contributed by atoms with van der Waals surface area (Å²) in [7, 11) is -3.93. The molecule has 178 valence electrons. The van der Waals surface area contributed by atoms with Crippen molar-refractivity contribution in [2.24, 2.45) is 0 Å². The van der Waals surface area contributed by atoms with Crippen molar-refractivity contribution >= 4 is 21.2 Å². The molecule has 0 aliphatic carbocycles. The van der Waals surface area contributed by atoms with Gasteiger partial charge in [-0.1, -0.05) is 17.7 Å². The summed E-state index contributed by atoms with van der Waals surface area (Å²) in [6.45, 7) is 2.45. The van der Waals surface area contributed by atoms with Crippen LogP contribution < -0.4 is 0 Å². The Morgan fingerprint density at radius 2 is 1.86 bits per heavy atom. The van der Waals surface area contributed by atoms with E-state index in [1.807, 2.05) is 23.8 Å². The van der Waals surface area contributed by atoms with Crippen LogP contribution in [-0.4, -0.2) is 39.1 Å². The summed E-state index contributed by atoms with van der Waals surface area (Å²) in [4.78, 5) is 13.2. The van der Waals surface area contributed by atoms with Crippen LogP contribution in [0.2, 0.25) is 0 Å². The summed E-state index contributed by atoms with van der Waals surface area (Å²) < 4.78 is 48.3. The zero-order valence-electron chi connectivity index (χ0n) is 18.9. The number of aromatic nitrogens is 5. The average molecular weight is 492 g/mol. The summed E-state index contributed by atoms with van der Waals surface area (Å²) in [5.74, 6) is 0.132. The SMILES string of the molecule is Cc1ccc(S(=O)(=O)OCCn2c(-c3cncc(Cn4ccnc4)c3)nc3ccc(F)cc32)cc1. The molecule has 0 spiro atoms. The van der Waals surface area contributed by atoms with Crippen molar-refractivity contribution in [3.8, 4) is 11.4 Å². The molecule has 0 saturated carbocycles. The molecule has 3 aromatic heterocycles. The lowest BCUT2D eigenvalue weighted by molar-refractivity contribution is 0.303. The van der Waals surface area contributed by atoms with Gasteiger partial charge >= 0.3 is 0 Å². The summed E-state index contributed by atoms with van der Waals surface area (Å²) in [6.07, 6.45) is 8.71. The second-order valence-corrected chi connectivity index (χ2v) is 9.74. The third kappa shape index (κ3) is 4.98. The van der Waals surface area contributed by atoms with Gasteiger partial charge in [0.15, 0.2) is 0 Å². The number of halogens is 1. The zero-order valence-corrected chi connectivity index (χ0v) is 19.7. The van der Waals surface area contributed by atoms with Crippen LogP contribution in [0, 0.1) is 12.7 Å². The number of rotatable bonds is 8. The molecule has 5 aromatic rings. The number of imidazole rings is 2. The van der Waals surface area contributed by atoms with Crippen LogP contribution in [0.1, 0.15) is 11.1 Å². The molecule has 0 amide bonds. The second-order valence-electron chi connectivity index (χ2n) is 8.13. The van der Waals surface area contributed by atoms with Crippen molar-refractivity contribution in [3.05, 3.63) is 96.6 Å². The van der Waals surface area contributed by atoms with Crippen molar-refractivity contribution < 1.29 is 17.0 Å². The van der Waals surface area contributed by atoms with Gasteiger partial charge in [-0.2, -0.15) is 8.42 Å². The second kappa shape index (κ2) is 9.40. The van der Waals surface area contributed by atoms with Crippen LogP contribution in [0.5, 0.6) is 0 Å². The minimum atomic E-state index is -3.93. The van der Waals surface area contributed by atoms with Crippen molar-refractivity contribution in [2.45, 2.75) is 24.9 Å². The first-order valence-corrected chi connectivity index (χ1v) is 12.3. The minimum Gasteiger partial charge on any atom is -0.333 e. The van der Waals surface area contributed by atoms with Gasteiger partial charge in [-0.15, -0.1) is 0 Å². The van der Waals surface area contributed by atoms with Crippen LogP contribution in [-0.2, 0) is 27.4 Å². The Labute approximate surface area is 201 Å². The number of benzene rings is 2. The molecular formula is C25H22FN5O3S. The highest BCUT2D eigenvalue weighted by atomic mass is 32.2. The lowest BCUT2D eigenvalue weighted by atomic mass is 10.2. The Bertz CT molecular complexity index is 1580. The largest absolute Gasteiger partial charge is 0.333 e. The van der Waals surface area contributed by atoms with Crippen LogP contribution in [0.4, 0.5) is 4.39 Å². The maximum absolute atomic E-state index is 14.1. The lowest BCUT2D eigenvalue weighted by Crippen LogP contribution is -2.13. The first kappa shape index (κ1) is 22.9. The van der Waals surface area contributed by atoms with Crippen molar-refractivity contribution in [3.63, 3.8) is 0 Å². The summed E-state index contributed by atoms with van der Waals surface area (Å²) >= 11 is 0. The van der Waals surface area contributed by atoms with Gasteiger partial charge in [0, 0.05) is 36.9 Å². The van der Waals surface area contributed by atoms with Gasteiger partial charge < -0.3 is 9.13 Å². The van der Waals surface area contributed by atoms with Crippen molar-refractivity contribution in [1.29, 1.82) is 0 Å². The number of nitrogens with zero attached hydrogens (tertiary/aromatic N) is 5. The fourth-order valence-electron chi connectivity index (χ4n) is 3.84. The zero-order chi connectivity index (χ0) is 24.4. The van der Waals surface area contributed by atoms with E-state index < -0.39 is 15.9 Å². The third-order valence-corrected chi connectivity index (χ3v) is 6.88. The van der Waals surface area contributed by atoms with E-state index in [0.717, 1.165) is 16.7 Å². The summed E-state index contributed by atoms with van der Waals surface area (Å²) in [6, 6.07) is 12.7. The molecule has 0 bridgehead atoms. The smallest absolute Gasteiger partial charge is 0.297 e. The quantitative estimate of drug-likeness (QED) is 0.302. The predicted octanol–water partition coefficient (Wildman–Crippen LogP) is 4.20. The van der Waals surface area contributed by atoms with Gasteiger partial charge in [-0.05, 0) is 48.9 Å². The maximum Gasteiger partial charge on any atom is 0.297 e. The number of hydrogen-bond donors (Lipinski definition) is 0.